The van der Waals surface area contributed by atoms with E-state index in [4.69, 9.17) is 14.2 Å². The van der Waals surface area contributed by atoms with E-state index in [1.165, 1.54) is 11.3 Å². The number of fused-ring (bicyclic) bond motifs is 1. The molecule has 0 spiro atoms. The Labute approximate surface area is 161 Å². The summed E-state index contributed by atoms with van der Waals surface area (Å²) in [5.41, 5.74) is 2.46. The predicted octanol–water partition coefficient (Wildman–Crippen LogP) is 2.89. The molecule has 6 nitrogen and oxygen atoms in total. The molecule has 1 aromatic carbocycles. The fourth-order valence-corrected chi connectivity index (χ4v) is 4.07. The lowest BCUT2D eigenvalue weighted by Gasteiger charge is -2.35. The number of nitrogens with zero attached hydrogens (tertiary/aromatic N) is 3. The number of benzene rings is 1. The first-order chi connectivity index (χ1) is 13.3. The minimum atomic E-state index is 0.297. The second kappa shape index (κ2) is 8.87. The van der Waals surface area contributed by atoms with E-state index >= 15 is 0 Å². The Bertz CT molecular complexity index is 727. The smallest absolute Gasteiger partial charge is 0.123 e. The van der Waals surface area contributed by atoms with Crippen LogP contribution in [0.4, 0.5) is 0 Å². The standard InChI is InChI=1S/C21H29N3O3/c1-25-21-5-3-2-4-18(21)11-23-12-19-10-22-16-24(19)20(13-23)15-27-14-17-6-8-26-9-7-17/h2-5,10,16-17,20H,6-9,11-15H2,1H3/t20-/m1/s1. The zero-order chi connectivity index (χ0) is 18.5. The zero-order valence-corrected chi connectivity index (χ0v) is 16.0. The molecule has 0 N–H and O–H groups in total. The summed E-state index contributed by atoms with van der Waals surface area (Å²) in [6.45, 7) is 6.01. The molecule has 6 heteroatoms. The molecule has 0 radical (unpaired) electrons. The Morgan fingerprint density at radius 3 is 2.89 bits per heavy atom. The van der Waals surface area contributed by atoms with Gasteiger partial charge in [-0.3, -0.25) is 4.90 Å². The number of para-hydroxylation sites is 1. The van der Waals surface area contributed by atoms with Gasteiger partial charge < -0.3 is 18.8 Å². The molecule has 0 bridgehead atoms. The molecule has 1 fully saturated rings. The van der Waals surface area contributed by atoms with Crippen molar-refractivity contribution in [2.45, 2.75) is 32.0 Å². The van der Waals surface area contributed by atoms with Crippen molar-refractivity contribution in [3.05, 3.63) is 48.0 Å². The molecule has 146 valence electrons. The van der Waals surface area contributed by atoms with Gasteiger partial charge in [0.25, 0.3) is 0 Å². The highest BCUT2D eigenvalue weighted by molar-refractivity contribution is 5.33. The Morgan fingerprint density at radius 1 is 1.19 bits per heavy atom. The Kier molecular flexibility index (Phi) is 6.07. The summed E-state index contributed by atoms with van der Waals surface area (Å²) < 4.78 is 19.4. The van der Waals surface area contributed by atoms with Crippen LogP contribution in [-0.2, 0) is 22.6 Å². The third-order valence-corrected chi connectivity index (χ3v) is 5.59. The van der Waals surface area contributed by atoms with Gasteiger partial charge in [-0.2, -0.15) is 0 Å². The van der Waals surface area contributed by atoms with E-state index in [1.54, 1.807) is 7.11 Å². The van der Waals surface area contributed by atoms with Crippen LogP contribution in [0.3, 0.4) is 0 Å². The van der Waals surface area contributed by atoms with Crippen molar-refractivity contribution < 1.29 is 14.2 Å². The van der Waals surface area contributed by atoms with Crippen LogP contribution in [-0.4, -0.2) is 54.5 Å². The summed E-state index contributed by atoms with van der Waals surface area (Å²) in [7, 11) is 1.73. The number of rotatable bonds is 7. The van der Waals surface area contributed by atoms with Gasteiger partial charge in [0, 0.05) is 51.2 Å². The van der Waals surface area contributed by atoms with Crippen molar-refractivity contribution in [1.29, 1.82) is 0 Å². The quantitative estimate of drug-likeness (QED) is 0.749. The lowest BCUT2D eigenvalue weighted by Crippen LogP contribution is -2.38. The topological polar surface area (TPSA) is 48.8 Å². The average Bonchev–Trinajstić information content (AvgIpc) is 3.18. The third kappa shape index (κ3) is 4.51. The van der Waals surface area contributed by atoms with Crippen molar-refractivity contribution in [2.75, 3.05) is 40.1 Å². The molecule has 1 atom stereocenters. The van der Waals surface area contributed by atoms with Gasteiger partial charge in [-0.1, -0.05) is 18.2 Å². The van der Waals surface area contributed by atoms with Crippen LogP contribution in [0, 0.1) is 5.92 Å². The molecule has 3 heterocycles. The summed E-state index contributed by atoms with van der Waals surface area (Å²) in [5, 5.41) is 0. The lowest BCUT2D eigenvalue weighted by atomic mass is 10.0. The molecule has 1 saturated heterocycles. The Morgan fingerprint density at radius 2 is 2.04 bits per heavy atom. The minimum absolute atomic E-state index is 0.297. The average molecular weight is 371 g/mol. The van der Waals surface area contributed by atoms with Crippen molar-refractivity contribution in [3.63, 3.8) is 0 Å². The Hall–Kier alpha value is -1.89. The van der Waals surface area contributed by atoms with E-state index in [2.05, 4.69) is 26.6 Å². The van der Waals surface area contributed by atoms with Crippen LogP contribution >= 0.6 is 0 Å². The molecule has 0 aliphatic carbocycles. The number of aromatic nitrogens is 2. The Balaban J connectivity index is 1.38. The summed E-state index contributed by atoms with van der Waals surface area (Å²) >= 11 is 0. The van der Waals surface area contributed by atoms with Crippen molar-refractivity contribution >= 4 is 0 Å². The van der Waals surface area contributed by atoms with E-state index in [9.17, 15) is 0 Å². The first-order valence-corrected chi connectivity index (χ1v) is 9.84. The van der Waals surface area contributed by atoms with Crippen LogP contribution < -0.4 is 4.74 Å². The van der Waals surface area contributed by atoms with Gasteiger partial charge in [0.2, 0.25) is 0 Å². The predicted molar refractivity (Wildman–Crippen MR) is 103 cm³/mol. The lowest BCUT2D eigenvalue weighted by molar-refractivity contribution is 0.00515. The maximum Gasteiger partial charge on any atom is 0.123 e. The van der Waals surface area contributed by atoms with Gasteiger partial charge in [0.1, 0.15) is 5.75 Å². The first kappa shape index (κ1) is 18.5. The van der Waals surface area contributed by atoms with Gasteiger partial charge in [-0.25, -0.2) is 4.98 Å². The van der Waals surface area contributed by atoms with E-state index in [-0.39, 0.29) is 0 Å². The van der Waals surface area contributed by atoms with Crippen LogP contribution in [0.15, 0.2) is 36.8 Å². The van der Waals surface area contributed by atoms with Crippen LogP contribution in [0.5, 0.6) is 5.75 Å². The highest BCUT2D eigenvalue weighted by Crippen LogP contribution is 2.26. The van der Waals surface area contributed by atoms with E-state index in [1.807, 2.05) is 24.7 Å². The van der Waals surface area contributed by atoms with Gasteiger partial charge in [0.05, 0.1) is 31.8 Å². The maximum atomic E-state index is 6.13. The van der Waals surface area contributed by atoms with E-state index in [0.29, 0.717) is 12.0 Å². The first-order valence-electron chi connectivity index (χ1n) is 9.84. The fourth-order valence-electron chi connectivity index (χ4n) is 4.07. The molecule has 4 rings (SSSR count). The van der Waals surface area contributed by atoms with Crippen molar-refractivity contribution in [1.82, 2.24) is 14.5 Å². The van der Waals surface area contributed by atoms with Gasteiger partial charge in [-0.15, -0.1) is 0 Å². The van der Waals surface area contributed by atoms with Crippen LogP contribution in [0.25, 0.3) is 0 Å². The van der Waals surface area contributed by atoms with Crippen LogP contribution in [0.2, 0.25) is 0 Å². The number of hydrogen-bond donors (Lipinski definition) is 0. The van der Waals surface area contributed by atoms with E-state index in [0.717, 1.165) is 64.7 Å². The second-order valence-electron chi connectivity index (χ2n) is 7.52. The zero-order valence-electron chi connectivity index (χ0n) is 16.0. The molecule has 0 amide bonds. The van der Waals surface area contributed by atoms with E-state index < -0.39 is 0 Å². The SMILES string of the molecule is COc1ccccc1CN1Cc2cncn2[C@@H](COCC2CCOCC2)C1. The summed E-state index contributed by atoms with van der Waals surface area (Å²) in [6, 6.07) is 8.55. The second-order valence-corrected chi connectivity index (χ2v) is 7.52. The molecule has 2 aliphatic rings. The molecular weight excluding hydrogens is 342 g/mol. The molecule has 1 aromatic heterocycles. The summed E-state index contributed by atoms with van der Waals surface area (Å²) in [6.07, 6.45) is 6.14. The maximum absolute atomic E-state index is 6.13. The molecule has 27 heavy (non-hydrogen) atoms. The largest absolute Gasteiger partial charge is 0.496 e. The third-order valence-electron chi connectivity index (χ3n) is 5.59. The summed E-state index contributed by atoms with van der Waals surface area (Å²) in [4.78, 5) is 6.82. The number of hydrogen-bond acceptors (Lipinski definition) is 5. The summed E-state index contributed by atoms with van der Waals surface area (Å²) in [5.74, 6) is 1.58. The number of ether oxygens (including phenoxy) is 3. The van der Waals surface area contributed by atoms with Gasteiger partial charge in [-0.05, 0) is 24.8 Å². The normalized spacial score (nSPS) is 21.1. The minimum Gasteiger partial charge on any atom is -0.496 e. The molecule has 2 aliphatic heterocycles. The van der Waals surface area contributed by atoms with Crippen LogP contribution in [0.1, 0.15) is 30.1 Å². The molecule has 0 unspecified atom stereocenters. The molecular formula is C21H29N3O3. The number of imidazole rings is 1. The molecule has 2 aromatic rings. The highest BCUT2D eigenvalue weighted by atomic mass is 16.5. The highest BCUT2D eigenvalue weighted by Gasteiger charge is 2.26. The molecule has 0 saturated carbocycles. The van der Waals surface area contributed by atoms with Gasteiger partial charge in [0.15, 0.2) is 0 Å². The van der Waals surface area contributed by atoms with Crippen molar-refractivity contribution in [3.8, 4) is 5.75 Å². The number of methoxy groups -OCH3 is 1. The monoisotopic (exact) mass is 371 g/mol. The fraction of sp³-hybridized carbons (Fsp3) is 0.571. The van der Waals surface area contributed by atoms with Gasteiger partial charge >= 0.3 is 0 Å². The van der Waals surface area contributed by atoms with Crippen molar-refractivity contribution in [2.24, 2.45) is 5.92 Å².